The van der Waals surface area contributed by atoms with Gasteiger partial charge in [0.25, 0.3) is 5.91 Å². The predicted octanol–water partition coefficient (Wildman–Crippen LogP) is 2.71. The van der Waals surface area contributed by atoms with Crippen molar-refractivity contribution in [3.63, 3.8) is 0 Å². The molecule has 0 radical (unpaired) electrons. The van der Waals surface area contributed by atoms with Gasteiger partial charge in [-0.15, -0.1) is 0 Å². The van der Waals surface area contributed by atoms with Crippen LogP contribution >= 0.6 is 0 Å². The van der Waals surface area contributed by atoms with Crippen LogP contribution in [0.3, 0.4) is 0 Å². The molecule has 1 heterocycles. The molecule has 0 bridgehead atoms. The van der Waals surface area contributed by atoms with Gasteiger partial charge in [-0.25, -0.2) is 0 Å². The summed E-state index contributed by atoms with van der Waals surface area (Å²) in [5.74, 6) is -0.177. The van der Waals surface area contributed by atoms with E-state index in [1.807, 2.05) is 0 Å². The summed E-state index contributed by atoms with van der Waals surface area (Å²) in [7, 11) is 2.93. The standard InChI is InChI=1S/C14H14F3N3O2/c1-20(8-9-4-3-5-10(6-9)22-2)13(21)12-11(7-18-19-12)14(15,16)17/h3-7H,8H2,1-2H3,(H,18,19). The number of carbonyl (C=O) groups excluding carboxylic acids is 1. The molecule has 0 atom stereocenters. The molecule has 1 amide bonds. The molecule has 0 fully saturated rings. The molecule has 0 spiro atoms. The van der Waals surface area contributed by atoms with Crippen LogP contribution in [0.2, 0.25) is 0 Å². The number of amides is 1. The Hall–Kier alpha value is -2.51. The summed E-state index contributed by atoms with van der Waals surface area (Å²) in [5, 5.41) is 5.43. The number of hydrogen-bond acceptors (Lipinski definition) is 3. The van der Waals surface area contributed by atoms with Gasteiger partial charge in [0.1, 0.15) is 17.0 Å². The van der Waals surface area contributed by atoms with Crippen molar-refractivity contribution in [2.75, 3.05) is 14.2 Å². The summed E-state index contributed by atoms with van der Waals surface area (Å²) >= 11 is 0. The minimum Gasteiger partial charge on any atom is -0.497 e. The molecule has 8 heteroatoms. The second kappa shape index (κ2) is 6.08. The van der Waals surface area contributed by atoms with Crippen molar-refractivity contribution in [1.82, 2.24) is 15.1 Å². The summed E-state index contributed by atoms with van der Waals surface area (Å²) in [6.07, 6.45) is -4.03. The zero-order valence-corrected chi connectivity index (χ0v) is 11.9. The number of alkyl halides is 3. The molecule has 0 unspecified atom stereocenters. The first-order chi connectivity index (χ1) is 10.3. The Morgan fingerprint density at radius 3 is 2.77 bits per heavy atom. The normalized spacial score (nSPS) is 11.3. The third-order valence-electron chi connectivity index (χ3n) is 3.06. The van der Waals surface area contributed by atoms with Crippen LogP contribution < -0.4 is 4.74 Å². The first-order valence-electron chi connectivity index (χ1n) is 6.32. The number of hydrogen-bond donors (Lipinski definition) is 1. The van der Waals surface area contributed by atoms with Gasteiger partial charge in [-0.3, -0.25) is 9.89 Å². The van der Waals surface area contributed by atoms with Gasteiger partial charge in [-0.05, 0) is 17.7 Å². The molecule has 0 aliphatic rings. The number of aromatic nitrogens is 2. The molecule has 1 N–H and O–H groups in total. The molecule has 5 nitrogen and oxygen atoms in total. The van der Waals surface area contributed by atoms with E-state index >= 15 is 0 Å². The van der Waals surface area contributed by atoms with E-state index in [1.54, 1.807) is 24.3 Å². The SMILES string of the molecule is COc1cccc(CN(C)C(=O)c2[nH]ncc2C(F)(F)F)c1. The second-order valence-electron chi connectivity index (χ2n) is 4.67. The summed E-state index contributed by atoms with van der Waals surface area (Å²) in [5.41, 5.74) is -0.906. The third-order valence-corrected chi connectivity index (χ3v) is 3.06. The predicted molar refractivity (Wildman–Crippen MR) is 72.4 cm³/mol. The number of nitrogens with zero attached hydrogens (tertiary/aromatic N) is 2. The minimum atomic E-state index is -4.63. The molecule has 22 heavy (non-hydrogen) atoms. The highest BCUT2D eigenvalue weighted by molar-refractivity contribution is 5.93. The number of H-pyrrole nitrogens is 1. The van der Waals surface area contributed by atoms with Crippen LogP contribution in [0.25, 0.3) is 0 Å². The van der Waals surface area contributed by atoms with Gasteiger partial charge in [0.05, 0.1) is 13.3 Å². The lowest BCUT2D eigenvalue weighted by Crippen LogP contribution is -2.28. The Morgan fingerprint density at radius 1 is 1.41 bits per heavy atom. The number of halogens is 3. The molecular formula is C14H14F3N3O2. The number of carbonyl (C=O) groups is 1. The molecular weight excluding hydrogens is 299 g/mol. The molecule has 2 rings (SSSR count). The second-order valence-corrected chi connectivity index (χ2v) is 4.67. The largest absolute Gasteiger partial charge is 0.497 e. The monoisotopic (exact) mass is 313 g/mol. The molecule has 118 valence electrons. The van der Waals surface area contributed by atoms with Crippen molar-refractivity contribution in [2.24, 2.45) is 0 Å². The zero-order valence-electron chi connectivity index (χ0n) is 11.9. The van der Waals surface area contributed by atoms with Crippen LogP contribution in [0.5, 0.6) is 5.75 Å². The van der Waals surface area contributed by atoms with Crippen LogP contribution in [0.4, 0.5) is 13.2 Å². The molecule has 0 saturated heterocycles. The van der Waals surface area contributed by atoms with Gasteiger partial charge >= 0.3 is 6.18 Å². The first-order valence-corrected chi connectivity index (χ1v) is 6.32. The lowest BCUT2D eigenvalue weighted by atomic mass is 10.2. The minimum absolute atomic E-state index is 0.145. The molecule has 1 aromatic carbocycles. The Bertz CT molecular complexity index is 667. The van der Waals surface area contributed by atoms with Crippen LogP contribution in [-0.2, 0) is 12.7 Å². The smallest absolute Gasteiger partial charge is 0.420 e. The van der Waals surface area contributed by atoms with E-state index in [1.165, 1.54) is 19.1 Å². The van der Waals surface area contributed by atoms with E-state index in [2.05, 4.69) is 10.2 Å². The maximum absolute atomic E-state index is 12.8. The number of methoxy groups -OCH3 is 1. The van der Waals surface area contributed by atoms with Crippen LogP contribution in [0.1, 0.15) is 21.6 Å². The quantitative estimate of drug-likeness (QED) is 0.944. The number of rotatable bonds is 4. The van der Waals surface area contributed by atoms with E-state index in [0.29, 0.717) is 11.9 Å². The van der Waals surface area contributed by atoms with Gasteiger partial charge in [-0.1, -0.05) is 12.1 Å². The van der Waals surface area contributed by atoms with Gasteiger partial charge in [-0.2, -0.15) is 18.3 Å². The average Bonchev–Trinajstić information content (AvgIpc) is 2.96. The van der Waals surface area contributed by atoms with Gasteiger partial charge in [0, 0.05) is 13.6 Å². The zero-order chi connectivity index (χ0) is 16.3. The Balaban J connectivity index is 2.17. The summed E-state index contributed by atoms with van der Waals surface area (Å²) in [6, 6.07) is 6.94. The van der Waals surface area contributed by atoms with E-state index in [4.69, 9.17) is 4.74 Å². The lowest BCUT2D eigenvalue weighted by molar-refractivity contribution is -0.138. The van der Waals surface area contributed by atoms with Crippen molar-refractivity contribution in [3.8, 4) is 5.75 Å². The van der Waals surface area contributed by atoms with Gasteiger partial charge in [0.15, 0.2) is 0 Å². The summed E-state index contributed by atoms with van der Waals surface area (Å²) < 4.78 is 43.4. The maximum Gasteiger partial charge on any atom is 0.420 e. The number of aromatic amines is 1. The molecule has 0 aliphatic carbocycles. The van der Waals surface area contributed by atoms with Crippen LogP contribution in [0, 0.1) is 0 Å². The van der Waals surface area contributed by atoms with E-state index in [-0.39, 0.29) is 6.54 Å². The van der Waals surface area contributed by atoms with E-state index in [9.17, 15) is 18.0 Å². The third kappa shape index (κ3) is 3.38. The number of nitrogens with one attached hydrogen (secondary N) is 1. The highest BCUT2D eigenvalue weighted by atomic mass is 19.4. The van der Waals surface area contributed by atoms with Crippen molar-refractivity contribution in [2.45, 2.75) is 12.7 Å². The molecule has 1 aromatic heterocycles. The summed E-state index contributed by atoms with van der Waals surface area (Å²) in [6.45, 7) is 0.145. The molecule has 2 aromatic rings. The highest BCUT2D eigenvalue weighted by Gasteiger charge is 2.37. The Kier molecular flexibility index (Phi) is 4.39. The van der Waals surface area contributed by atoms with Crippen LogP contribution in [-0.4, -0.2) is 35.2 Å². The van der Waals surface area contributed by atoms with Crippen LogP contribution in [0.15, 0.2) is 30.5 Å². The van der Waals surface area contributed by atoms with Gasteiger partial charge < -0.3 is 9.64 Å². The number of ether oxygens (including phenoxy) is 1. The topological polar surface area (TPSA) is 58.2 Å². The molecule has 0 aliphatic heterocycles. The highest BCUT2D eigenvalue weighted by Crippen LogP contribution is 2.31. The van der Waals surface area contributed by atoms with Crippen molar-refractivity contribution < 1.29 is 22.7 Å². The maximum atomic E-state index is 12.8. The summed E-state index contributed by atoms with van der Waals surface area (Å²) in [4.78, 5) is 13.3. The number of benzene rings is 1. The van der Waals surface area contributed by atoms with Crippen molar-refractivity contribution in [3.05, 3.63) is 47.3 Å². The van der Waals surface area contributed by atoms with Crippen molar-refractivity contribution >= 4 is 5.91 Å². The van der Waals surface area contributed by atoms with Crippen molar-refractivity contribution in [1.29, 1.82) is 0 Å². The fourth-order valence-electron chi connectivity index (χ4n) is 1.97. The molecule has 0 saturated carbocycles. The van der Waals surface area contributed by atoms with E-state index < -0.39 is 23.3 Å². The fourth-order valence-corrected chi connectivity index (χ4v) is 1.97. The lowest BCUT2D eigenvalue weighted by Gasteiger charge is -2.18. The first kappa shape index (κ1) is 15.9. The average molecular weight is 313 g/mol. The Labute approximate surface area is 124 Å². The van der Waals surface area contributed by atoms with E-state index in [0.717, 1.165) is 5.56 Å². The Morgan fingerprint density at radius 2 is 2.14 bits per heavy atom. The fraction of sp³-hybridized carbons (Fsp3) is 0.286. The van der Waals surface area contributed by atoms with Gasteiger partial charge in [0.2, 0.25) is 0 Å².